The second-order valence-corrected chi connectivity index (χ2v) is 12.9. The highest BCUT2D eigenvalue weighted by atomic mass is 32.2. The van der Waals surface area contributed by atoms with Gasteiger partial charge in [-0.15, -0.1) is 6.58 Å². The Morgan fingerprint density at radius 1 is 1.07 bits per heavy atom. The van der Waals surface area contributed by atoms with E-state index in [0.717, 1.165) is 36.7 Å². The number of sulfonamides is 1. The monoisotopic (exact) mass is 578 g/mol. The lowest BCUT2D eigenvalue weighted by Crippen LogP contribution is -2.67. The predicted octanol–water partition coefficient (Wildman–Crippen LogP) is 6.33. The predicted molar refractivity (Wildman–Crippen MR) is 160 cm³/mol. The molecule has 2 atom stereocenters. The van der Waals surface area contributed by atoms with Crippen LogP contribution in [0.15, 0.2) is 55.0 Å². The van der Waals surface area contributed by atoms with E-state index in [9.17, 15) is 13.2 Å². The number of ether oxygens (including phenoxy) is 3. The average Bonchev–Trinajstić information content (AvgIpc) is 2.92. The van der Waals surface area contributed by atoms with E-state index in [1.807, 2.05) is 52.8 Å². The molecule has 8 nitrogen and oxygen atoms in total. The van der Waals surface area contributed by atoms with Crippen molar-refractivity contribution in [1.29, 1.82) is 0 Å². The lowest BCUT2D eigenvalue weighted by atomic mass is 9.79. The number of carbonyl (C=O) groups excluding carboxylic acids is 1. The van der Waals surface area contributed by atoms with E-state index in [1.54, 1.807) is 11.0 Å². The first kappa shape index (κ1) is 34.0. The van der Waals surface area contributed by atoms with Crippen molar-refractivity contribution in [1.82, 2.24) is 9.62 Å². The summed E-state index contributed by atoms with van der Waals surface area (Å²) in [5.74, 6) is 0. The second-order valence-electron chi connectivity index (χ2n) is 11.3. The molecule has 2 unspecified atom stereocenters. The van der Waals surface area contributed by atoms with Gasteiger partial charge in [0.2, 0.25) is 10.0 Å². The summed E-state index contributed by atoms with van der Waals surface area (Å²) in [7, 11) is -3.78. The summed E-state index contributed by atoms with van der Waals surface area (Å²) in [6.45, 7) is 18.0. The third-order valence-electron chi connectivity index (χ3n) is 7.18. The highest BCUT2D eigenvalue weighted by Crippen LogP contribution is 2.35. The summed E-state index contributed by atoms with van der Waals surface area (Å²) >= 11 is 0. The van der Waals surface area contributed by atoms with Gasteiger partial charge < -0.3 is 19.1 Å². The lowest BCUT2D eigenvalue weighted by molar-refractivity contribution is -0.0714. The maximum Gasteiger partial charge on any atom is 0.410 e. The van der Waals surface area contributed by atoms with Crippen LogP contribution in [0.2, 0.25) is 0 Å². The van der Waals surface area contributed by atoms with Gasteiger partial charge in [-0.25, -0.2) is 17.9 Å². The number of rotatable bonds is 11. The highest BCUT2D eigenvalue weighted by Gasteiger charge is 2.49. The van der Waals surface area contributed by atoms with Gasteiger partial charge in [0.15, 0.2) is 0 Å². The van der Waals surface area contributed by atoms with Gasteiger partial charge in [-0.2, -0.15) is 0 Å². The van der Waals surface area contributed by atoms with Gasteiger partial charge in [0.1, 0.15) is 5.60 Å². The first-order valence-corrected chi connectivity index (χ1v) is 16.1. The minimum Gasteiger partial charge on any atom is -0.444 e. The van der Waals surface area contributed by atoms with Crippen molar-refractivity contribution in [2.45, 2.75) is 116 Å². The number of likely N-dealkylation sites (tertiary alicyclic amines) is 1. The molecule has 2 fully saturated rings. The van der Waals surface area contributed by atoms with Crippen LogP contribution in [0, 0.1) is 0 Å². The molecule has 1 saturated carbocycles. The molecule has 9 heteroatoms. The molecule has 0 spiro atoms. The molecule has 0 bridgehead atoms. The molecule has 1 aliphatic carbocycles. The Labute approximate surface area is 242 Å². The normalized spacial score (nSPS) is 25.3. The van der Waals surface area contributed by atoms with Gasteiger partial charge in [-0.3, -0.25) is 0 Å². The fourth-order valence-electron chi connectivity index (χ4n) is 5.34. The van der Waals surface area contributed by atoms with E-state index in [2.05, 4.69) is 30.0 Å². The van der Waals surface area contributed by atoms with Crippen LogP contribution in [0.25, 0.3) is 0 Å². The van der Waals surface area contributed by atoms with Crippen molar-refractivity contribution in [3.05, 3.63) is 60.5 Å². The van der Waals surface area contributed by atoms with Gasteiger partial charge in [-0.05, 0) is 71.3 Å². The molecule has 40 heavy (non-hydrogen) atoms. The highest BCUT2D eigenvalue weighted by molar-refractivity contribution is 7.92. The van der Waals surface area contributed by atoms with Crippen LogP contribution in [0.3, 0.4) is 0 Å². The van der Waals surface area contributed by atoms with Crippen LogP contribution in [0.4, 0.5) is 4.79 Å². The Morgan fingerprint density at radius 2 is 1.68 bits per heavy atom. The number of hydrogen-bond donors (Lipinski definition) is 1. The molecule has 2 aliphatic rings. The lowest BCUT2D eigenvalue weighted by Gasteiger charge is -2.49. The van der Waals surface area contributed by atoms with Gasteiger partial charge >= 0.3 is 6.09 Å². The summed E-state index contributed by atoms with van der Waals surface area (Å²) in [5.41, 5.74) is -0.495. The zero-order valence-electron chi connectivity index (χ0n) is 25.1. The summed E-state index contributed by atoms with van der Waals surface area (Å²) in [5, 5.41) is 0.902. The Morgan fingerprint density at radius 3 is 2.23 bits per heavy atom. The Balaban J connectivity index is 0.00000274. The van der Waals surface area contributed by atoms with Crippen LogP contribution in [0.5, 0.6) is 0 Å². The van der Waals surface area contributed by atoms with Crippen LogP contribution in [0.1, 0.15) is 85.1 Å². The zero-order chi connectivity index (χ0) is 29.8. The summed E-state index contributed by atoms with van der Waals surface area (Å²) < 4.78 is 46.3. The molecule has 0 aromatic heterocycles. The second kappa shape index (κ2) is 15.7. The quantitative estimate of drug-likeness (QED) is 0.308. The fraction of sp³-hybridized carbons (Fsp3) is 0.645. The zero-order valence-corrected chi connectivity index (χ0v) is 25.9. The minimum absolute atomic E-state index is 0.00595. The van der Waals surface area contributed by atoms with Crippen LogP contribution in [-0.4, -0.2) is 62.0 Å². The molecule has 0 radical (unpaired) electrons. The largest absolute Gasteiger partial charge is 0.444 e. The third kappa shape index (κ3) is 10.3. The standard InChI is InChI=1S/C29H44N2O6S.C2H6/c1-6-18-29(30-38(33,34)7-2)19-11-20-31(27(32)37-28(3,4)5)26(29)22-36-25-16-14-24(15-17-25)35-21-23-12-9-8-10-13-23;1-2/h6-10,12-13,24-26,30H,1-2,11,14-22H2,3-5H3;1-2H3. The van der Waals surface area contributed by atoms with Crippen molar-refractivity contribution < 1.29 is 27.4 Å². The Hall–Kier alpha value is -2.20. The number of amides is 1. The molecule has 1 heterocycles. The van der Waals surface area contributed by atoms with Crippen molar-refractivity contribution >= 4 is 16.1 Å². The molecule has 226 valence electrons. The third-order valence-corrected chi connectivity index (χ3v) is 8.31. The van der Waals surface area contributed by atoms with E-state index >= 15 is 0 Å². The number of hydrogen-bond acceptors (Lipinski definition) is 6. The molecule has 1 saturated heterocycles. The molecule has 1 aromatic rings. The number of piperidine rings is 1. The number of benzene rings is 1. The Kier molecular flexibility index (Phi) is 13.4. The van der Waals surface area contributed by atoms with E-state index < -0.39 is 33.3 Å². The van der Waals surface area contributed by atoms with Gasteiger partial charge in [0.05, 0.1) is 37.0 Å². The molecule has 1 N–H and O–H groups in total. The van der Waals surface area contributed by atoms with E-state index in [0.29, 0.717) is 32.4 Å². The average molecular weight is 579 g/mol. The van der Waals surface area contributed by atoms with Crippen LogP contribution < -0.4 is 4.72 Å². The van der Waals surface area contributed by atoms with Crippen molar-refractivity contribution in [3.8, 4) is 0 Å². The molecular formula is C31H50N2O6S. The number of carbonyl (C=O) groups is 1. The number of nitrogens with one attached hydrogen (secondary N) is 1. The SMILES string of the molecule is C=CCC1(NS(=O)(=O)C=C)CCCN(C(=O)OC(C)(C)C)C1COC1CCC(OCc2ccccc2)CC1.CC. The van der Waals surface area contributed by atoms with Gasteiger partial charge in [-0.1, -0.05) is 56.8 Å². The molecule has 1 aromatic carbocycles. The van der Waals surface area contributed by atoms with Crippen LogP contribution in [-0.2, 0) is 30.8 Å². The molecule has 1 aliphatic heterocycles. The summed E-state index contributed by atoms with van der Waals surface area (Å²) in [6.07, 6.45) is 6.35. The topological polar surface area (TPSA) is 94.2 Å². The molecular weight excluding hydrogens is 528 g/mol. The van der Waals surface area contributed by atoms with Gasteiger partial charge in [0.25, 0.3) is 0 Å². The molecule has 3 rings (SSSR count). The summed E-state index contributed by atoms with van der Waals surface area (Å²) in [6, 6.07) is 9.57. The Bertz CT molecular complexity index is 1030. The maximum atomic E-state index is 13.2. The number of nitrogens with zero attached hydrogens (tertiary/aromatic N) is 1. The van der Waals surface area contributed by atoms with Crippen molar-refractivity contribution in [2.24, 2.45) is 0 Å². The maximum absolute atomic E-state index is 13.2. The van der Waals surface area contributed by atoms with E-state index in [4.69, 9.17) is 14.2 Å². The fourth-order valence-corrected chi connectivity index (χ4v) is 6.31. The van der Waals surface area contributed by atoms with Crippen molar-refractivity contribution in [3.63, 3.8) is 0 Å². The van der Waals surface area contributed by atoms with E-state index in [-0.39, 0.29) is 18.8 Å². The van der Waals surface area contributed by atoms with Gasteiger partial charge in [0, 0.05) is 12.0 Å². The summed E-state index contributed by atoms with van der Waals surface area (Å²) in [4.78, 5) is 14.9. The van der Waals surface area contributed by atoms with Crippen LogP contribution >= 0.6 is 0 Å². The smallest absolute Gasteiger partial charge is 0.410 e. The first-order valence-electron chi connectivity index (χ1n) is 14.5. The van der Waals surface area contributed by atoms with E-state index in [1.165, 1.54) is 0 Å². The first-order chi connectivity index (χ1) is 19.0. The van der Waals surface area contributed by atoms with Crippen molar-refractivity contribution in [2.75, 3.05) is 13.2 Å². The molecule has 1 amide bonds. The minimum atomic E-state index is -3.78.